The average Bonchev–Trinajstić information content (AvgIpc) is 2.54. The molecule has 2 N–H and O–H groups in total. The van der Waals surface area contributed by atoms with Gasteiger partial charge in [0.05, 0.1) is 6.54 Å². The molecule has 0 aromatic heterocycles. The van der Waals surface area contributed by atoms with Crippen molar-refractivity contribution in [2.75, 3.05) is 13.1 Å². The monoisotopic (exact) mass is 319 g/mol. The van der Waals surface area contributed by atoms with Gasteiger partial charge in [0.25, 0.3) is 5.91 Å². The van der Waals surface area contributed by atoms with E-state index in [1.807, 2.05) is 12.1 Å². The van der Waals surface area contributed by atoms with Gasteiger partial charge in [0.2, 0.25) is 11.7 Å². The van der Waals surface area contributed by atoms with Crippen molar-refractivity contribution >= 4 is 35.0 Å². The number of hydrogen-bond donors (Lipinski definition) is 2. The zero-order chi connectivity index (χ0) is 15.7. The largest absolute Gasteiger partial charge is 0.410 e. The third kappa shape index (κ3) is 2.43. The van der Waals surface area contributed by atoms with Gasteiger partial charge in [-0.3, -0.25) is 25.0 Å². The molecule has 0 unspecified atom stereocenters. The van der Waals surface area contributed by atoms with E-state index in [9.17, 15) is 4.79 Å². The lowest BCUT2D eigenvalue weighted by molar-refractivity contribution is -0.121. The molecule has 8 heteroatoms. The van der Waals surface area contributed by atoms with Crippen LogP contribution in [0.25, 0.3) is 0 Å². The van der Waals surface area contributed by atoms with Crippen LogP contribution in [0.5, 0.6) is 0 Å². The lowest BCUT2D eigenvalue weighted by Crippen LogP contribution is -2.61. The third-order valence-corrected chi connectivity index (χ3v) is 3.82. The van der Waals surface area contributed by atoms with Crippen molar-refractivity contribution in [3.63, 3.8) is 0 Å². The first-order chi connectivity index (χ1) is 10.6. The molecule has 2 aliphatic heterocycles. The Balaban J connectivity index is 1.96. The summed E-state index contributed by atoms with van der Waals surface area (Å²) in [4.78, 5) is 19.6. The maximum Gasteiger partial charge on any atom is 0.286 e. The van der Waals surface area contributed by atoms with Crippen LogP contribution in [0, 0.1) is 5.41 Å². The molecule has 0 spiro atoms. The van der Waals surface area contributed by atoms with Crippen LogP contribution in [0.15, 0.2) is 34.4 Å². The summed E-state index contributed by atoms with van der Waals surface area (Å²) in [5.41, 5.74) is 0.642. The summed E-state index contributed by atoms with van der Waals surface area (Å²) >= 11 is 5.87. The maximum atomic E-state index is 12.2. The third-order valence-electron chi connectivity index (χ3n) is 3.57. The van der Waals surface area contributed by atoms with Crippen molar-refractivity contribution in [3.05, 3.63) is 34.9 Å². The Kier molecular flexibility index (Phi) is 3.81. The summed E-state index contributed by atoms with van der Waals surface area (Å²) in [6, 6.07) is 7.21. The van der Waals surface area contributed by atoms with Gasteiger partial charge in [-0.1, -0.05) is 28.9 Å². The lowest BCUT2D eigenvalue weighted by atomic mass is 10.1. The van der Waals surface area contributed by atoms with E-state index in [4.69, 9.17) is 22.2 Å². The van der Waals surface area contributed by atoms with Crippen LogP contribution in [0.2, 0.25) is 5.02 Å². The van der Waals surface area contributed by atoms with Gasteiger partial charge >= 0.3 is 0 Å². The number of aliphatic imine (C=N–C) groups is 1. The molecular weight excluding hydrogens is 306 g/mol. The number of benzene rings is 1. The van der Waals surface area contributed by atoms with E-state index in [0.29, 0.717) is 30.6 Å². The molecule has 1 aromatic carbocycles. The Hall–Kier alpha value is -2.41. The number of amidine groups is 1. The van der Waals surface area contributed by atoms with Crippen LogP contribution in [0.4, 0.5) is 0 Å². The van der Waals surface area contributed by atoms with Crippen LogP contribution >= 0.6 is 11.6 Å². The van der Waals surface area contributed by atoms with Crippen molar-refractivity contribution in [2.45, 2.75) is 13.0 Å². The van der Waals surface area contributed by atoms with Crippen molar-refractivity contribution < 1.29 is 10.0 Å². The number of fused-ring (bicyclic) bond motifs is 1. The molecule has 114 valence electrons. The van der Waals surface area contributed by atoms with E-state index >= 15 is 0 Å². The van der Waals surface area contributed by atoms with Crippen LogP contribution in [-0.4, -0.2) is 51.5 Å². The Morgan fingerprint density at radius 3 is 2.77 bits per heavy atom. The van der Waals surface area contributed by atoms with Crippen LogP contribution in [-0.2, 0) is 11.3 Å². The van der Waals surface area contributed by atoms with E-state index in [-0.39, 0.29) is 11.5 Å². The summed E-state index contributed by atoms with van der Waals surface area (Å²) in [6.07, 6.45) is 0.746. The topological polar surface area (TPSA) is 92.3 Å². The molecule has 7 nitrogen and oxygen atoms in total. The van der Waals surface area contributed by atoms with Crippen LogP contribution in [0.1, 0.15) is 12.0 Å². The first-order valence-electron chi connectivity index (χ1n) is 6.81. The van der Waals surface area contributed by atoms with Crippen LogP contribution < -0.4 is 0 Å². The predicted octanol–water partition coefficient (Wildman–Crippen LogP) is 1.55. The number of halogens is 1. The predicted molar refractivity (Wildman–Crippen MR) is 82.6 cm³/mol. The molecule has 0 aliphatic carbocycles. The zero-order valence-corrected chi connectivity index (χ0v) is 12.4. The number of carbonyl (C=O) groups is 1. The summed E-state index contributed by atoms with van der Waals surface area (Å²) in [6.45, 7) is 1.45. The molecule has 2 aliphatic rings. The minimum absolute atomic E-state index is 0.153. The van der Waals surface area contributed by atoms with Gasteiger partial charge in [0.1, 0.15) is 0 Å². The molecular formula is C14H14ClN5O2. The second-order valence-electron chi connectivity index (χ2n) is 5.00. The molecule has 22 heavy (non-hydrogen) atoms. The SMILES string of the molecule is N=C1C(=NO)C(=O)N2CCCN=C2N1Cc1ccc(Cl)cc1. The number of nitrogens with zero attached hydrogens (tertiary/aromatic N) is 4. The molecule has 3 rings (SSSR count). The fraction of sp³-hybridized carbons (Fsp3) is 0.286. The van der Waals surface area contributed by atoms with Gasteiger partial charge in [-0.15, -0.1) is 0 Å². The molecule has 0 bridgehead atoms. The smallest absolute Gasteiger partial charge is 0.286 e. The number of nitrogens with one attached hydrogen (secondary N) is 1. The Bertz CT molecular complexity index is 683. The van der Waals surface area contributed by atoms with Crippen molar-refractivity contribution in [1.82, 2.24) is 9.80 Å². The summed E-state index contributed by atoms with van der Waals surface area (Å²) in [5, 5.41) is 20.8. The summed E-state index contributed by atoms with van der Waals surface area (Å²) in [7, 11) is 0. The quantitative estimate of drug-likeness (QED) is 0.640. The molecule has 0 radical (unpaired) electrons. The van der Waals surface area contributed by atoms with Crippen molar-refractivity contribution in [2.24, 2.45) is 10.1 Å². The van der Waals surface area contributed by atoms with E-state index < -0.39 is 5.91 Å². The zero-order valence-electron chi connectivity index (χ0n) is 11.7. The molecule has 2 heterocycles. The Morgan fingerprint density at radius 2 is 2.09 bits per heavy atom. The molecule has 1 saturated heterocycles. The number of guanidine groups is 1. The van der Waals surface area contributed by atoms with E-state index in [0.717, 1.165) is 12.0 Å². The standard InChI is InChI=1S/C14H14ClN5O2/c15-10-4-2-9(3-5-10)8-20-12(16)11(18-22)13(21)19-7-1-6-17-14(19)20/h2-5,16,22H,1,6-8H2. The van der Waals surface area contributed by atoms with Gasteiger partial charge in [-0.05, 0) is 24.1 Å². The number of oxime groups is 1. The highest BCUT2D eigenvalue weighted by molar-refractivity contribution is 6.69. The van der Waals surface area contributed by atoms with Gasteiger partial charge in [0.15, 0.2) is 5.84 Å². The highest BCUT2D eigenvalue weighted by atomic mass is 35.5. The highest BCUT2D eigenvalue weighted by Crippen LogP contribution is 2.19. The normalized spacial score (nSPS) is 20.2. The number of rotatable bonds is 2. The number of hydrogen-bond acceptors (Lipinski definition) is 5. The maximum absolute atomic E-state index is 12.2. The van der Waals surface area contributed by atoms with Crippen molar-refractivity contribution in [1.29, 1.82) is 5.41 Å². The van der Waals surface area contributed by atoms with E-state index in [1.54, 1.807) is 17.0 Å². The second-order valence-corrected chi connectivity index (χ2v) is 5.44. The van der Waals surface area contributed by atoms with E-state index in [2.05, 4.69) is 10.1 Å². The van der Waals surface area contributed by atoms with Crippen LogP contribution in [0.3, 0.4) is 0 Å². The minimum atomic E-state index is -0.488. The fourth-order valence-corrected chi connectivity index (χ4v) is 2.61. The average molecular weight is 320 g/mol. The van der Waals surface area contributed by atoms with Crippen molar-refractivity contribution in [3.8, 4) is 0 Å². The fourth-order valence-electron chi connectivity index (χ4n) is 2.49. The van der Waals surface area contributed by atoms with Gasteiger partial charge < -0.3 is 5.21 Å². The second kappa shape index (κ2) is 5.76. The first-order valence-corrected chi connectivity index (χ1v) is 7.19. The Labute approximate surface area is 132 Å². The Morgan fingerprint density at radius 1 is 1.36 bits per heavy atom. The lowest BCUT2D eigenvalue weighted by Gasteiger charge is -2.39. The minimum Gasteiger partial charge on any atom is -0.410 e. The highest BCUT2D eigenvalue weighted by Gasteiger charge is 2.40. The van der Waals surface area contributed by atoms with Gasteiger partial charge in [-0.2, -0.15) is 0 Å². The van der Waals surface area contributed by atoms with Gasteiger partial charge in [-0.25, -0.2) is 0 Å². The number of carbonyl (C=O) groups excluding carboxylic acids is 1. The summed E-state index contributed by atoms with van der Waals surface area (Å²) in [5.74, 6) is -0.207. The molecule has 1 aromatic rings. The molecule has 1 amide bonds. The van der Waals surface area contributed by atoms with E-state index in [1.165, 1.54) is 4.90 Å². The number of amides is 1. The first kappa shape index (κ1) is 14.5. The summed E-state index contributed by atoms with van der Waals surface area (Å²) < 4.78 is 0. The molecule has 0 atom stereocenters. The molecule has 1 fully saturated rings. The van der Waals surface area contributed by atoms with Gasteiger partial charge in [0, 0.05) is 18.1 Å². The molecule has 0 saturated carbocycles.